The number of nitrogens with zero attached hydrogens (tertiary/aromatic N) is 3. The van der Waals surface area contributed by atoms with Gasteiger partial charge in [0, 0.05) is 31.2 Å². The first-order chi connectivity index (χ1) is 13.0. The van der Waals surface area contributed by atoms with Crippen LogP contribution in [-0.2, 0) is 0 Å². The lowest BCUT2D eigenvalue weighted by molar-refractivity contribution is 0.102. The molecule has 1 aliphatic heterocycles. The zero-order valence-corrected chi connectivity index (χ0v) is 16.5. The van der Waals surface area contributed by atoms with Crippen molar-refractivity contribution in [2.45, 2.75) is 32.6 Å². The van der Waals surface area contributed by atoms with Gasteiger partial charge in [-0.3, -0.25) is 4.79 Å². The summed E-state index contributed by atoms with van der Waals surface area (Å²) < 4.78 is 0. The number of rotatable bonds is 5. The van der Waals surface area contributed by atoms with Crippen molar-refractivity contribution in [3.8, 4) is 0 Å². The summed E-state index contributed by atoms with van der Waals surface area (Å²) in [6.07, 6.45) is 1.87. The molecule has 0 aliphatic carbocycles. The normalized spacial score (nSPS) is 17.0. The average Bonchev–Trinajstić information content (AvgIpc) is 3.17. The summed E-state index contributed by atoms with van der Waals surface area (Å²) in [6, 6.07) is 9.25. The second-order valence-electron chi connectivity index (χ2n) is 7.13. The van der Waals surface area contributed by atoms with Crippen molar-refractivity contribution in [2.24, 2.45) is 5.92 Å². The standard InChI is InChI=1S/C19H25N5O2S/c1-13(2)11-20-19(26)24-10-6-7-14(12-24)17-22-23-18(27-17)16(25)21-15-8-4-3-5-9-15/h3-5,8-9,13-14H,6-7,10-12H2,1-2H3,(H,20,26)(H,21,25)/t14-/m1/s1. The molecule has 1 atom stereocenters. The molecule has 1 aromatic carbocycles. The number of hydrogen-bond donors (Lipinski definition) is 2. The van der Waals surface area contributed by atoms with Crippen molar-refractivity contribution in [3.63, 3.8) is 0 Å². The number of likely N-dealkylation sites (tertiary alicyclic amines) is 1. The van der Waals surface area contributed by atoms with E-state index in [-0.39, 0.29) is 17.9 Å². The first-order valence-electron chi connectivity index (χ1n) is 9.25. The van der Waals surface area contributed by atoms with E-state index in [0.29, 0.717) is 24.0 Å². The van der Waals surface area contributed by atoms with Crippen molar-refractivity contribution < 1.29 is 9.59 Å². The molecule has 7 nitrogen and oxygen atoms in total. The van der Waals surface area contributed by atoms with Crippen LogP contribution in [0.15, 0.2) is 30.3 Å². The molecule has 3 amide bonds. The van der Waals surface area contributed by atoms with Crippen molar-refractivity contribution in [1.82, 2.24) is 20.4 Å². The highest BCUT2D eigenvalue weighted by Crippen LogP contribution is 2.29. The molecule has 144 valence electrons. The molecule has 1 fully saturated rings. The lowest BCUT2D eigenvalue weighted by atomic mass is 9.99. The molecule has 8 heteroatoms. The van der Waals surface area contributed by atoms with Crippen LogP contribution in [0, 0.1) is 5.92 Å². The zero-order chi connectivity index (χ0) is 19.2. The molecule has 0 saturated carbocycles. The third-order valence-electron chi connectivity index (χ3n) is 4.39. The Morgan fingerprint density at radius 1 is 1.26 bits per heavy atom. The maximum atomic E-state index is 12.4. The van der Waals surface area contributed by atoms with E-state index < -0.39 is 0 Å². The second-order valence-corrected chi connectivity index (χ2v) is 8.14. The van der Waals surface area contributed by atoms with Crippen LogP contribution in [0.25, 0.3) is 0 Å². The van der Waals surface area contributed by atoms with Crippen LogP contribution >= 0.6 is 11.3 Å². The number of piperidine rings is 1. The third-order valence-corrected chi connectivity index (χ3v) is 5.47. The Kier molecular flexibility index (Phi) is 6.39. The van der Waals surface area contributed by atoms with Gasteiger partial charge in [0.25, 0.3) is 5.91 Å². The van der Waals surface area contributed by atoms with E-state index in [0.717, 1.165) is 30.1 Å². The first-order valence-corrected chi connectivity index (χ1v) is 10.1. The van der Waals surface area contributed by atoms with Gasteiger partial charge in [-0.15, -0.1) is 10.2 Å². The van der Waals surface area contributed by atoms with Crippen LogP contribution in [0.5, 0.6) is 0 Å². The topological polar surface area (TPSA) is 87.2 Å². The van der Waals surface area contributed by atoms with E-state index in [1.807, 2.05) is 35.2 Å². The van der Waals surface area contributed by atoms with Gasteiger partial charge in [0.2, 0.25) is 5.01 Å². The summed E-state index contributed by atoms with van der Waals surface area (Å²) in [6.45, 7) is 6.17. The number of hydrogen-bond acceptors (Lipinski definition) is 5. The Morgan fingerprint density at radius 2 is 2.04 bits per heavy atom. The van der Waals surface area contributed by atoms with Crippen LogP contribution in [0.1, 0.15) is 47.4 Å². The van der Waals surface area contributed by atoms with Gasteiger partial charge in [-0.05, 0) is 30.9 Å². The van der Waals surface area contributed by atoms with Gasteiger partial charge < -0.3 is 15.5 Å². The Morgan fingerprint density at radius 3 is 2.78 bits per heavy atom. The summed E-state index contributed by atoms with van der Waals surface area (Å²) >= 11 is 1.31. The molecule has 0 radical (unpaired) electrons. The Balaban J connectivity index is 1.60. The highest BCUT2D eigenvalue weighted by Gasteiger charge is 2.28. The van der Waals surface area contributed by atoms with Gasteiger partial charge in [0.05, 0.1) is 0 Å². The molecule has 2 N–H and O–H groups in total. The minimum atomic E-state index is -0.257. The Hall–Kier alpha value is -2.48. The van der Waals surface area contributed by atoms with E-state index >= 15 is 0 Å². The predicted molar refractivity (Wildman–Crippen MR) is 106 cm³/mol. The first kappa shape index (κ1) is 19.3. The fourth-order valence-electron chi connectivity index (χ4n) is 2.96. The number of carbonyl (C=O) groups is 2. The van der Waals surface area contributed by atoms with Gasteiger partial charge in [0.15, 0.2) is 0 Å². The van der Waals surface area contributed by atoms with Gasteiger partial charge in [0.1, 0.15) is 5.01 Å². The summed E-state index contributed by atoms with van der Waals surface area (Å²) in [4.78, 5) is 26.5. The summed E-state index contributed by atoms with van der Waals surface area (Å²) in [7, 11) is 0. The van der Waals surface area contributed by atoms with Crippen LogP contribution in [0.3, 0.4) is 0 Å². The zero-order valence-electron chi connectivity index (χ0n) is 15.6. The smallest absolute Gasteiger partial charge is 0.317 e. The molecular formula is C19H25N5O2S. The largest absolute Gasteiger partial charge is 0.338 e. The van der Waals surface area contributed by atoms with Crippen molar-refractivity contribution in [1.29, 1.82) is 0 Å². The molecule has 3 rings (SSSR count). The van der Waals surface area contributed by atoms with E-state index in [1.54, 1.807) is 0 Å². The lowest BCUT2D eigenvalue weighted by Crippen LogP contribution is -2.45. The quantitative estimate of drug-likeness (QED) is 0.824. The van der Waals surface area contributed by atoms with E-state index in [9.17, 15) is 9.59 Å². The molecule has 1 aliphatic rings. The highest BCUT2D eigenvalue weighted by atomic mass is 32.1. The van der Waals surface area contributed by atoms with E-state index in [4.69, 9.17) is 0 Å². The molecular weight excluding hydrogens is 362 g/mol. The number of amides is 3. The van der Waals surface area contributed by atoms with E-state index in [1.165, 1.54) is 11.3 Å². The molecule has 0 spiro atoms. The number of carbonyl (C=O) groups excluding carboxylic acids is 2. The number of anilines is 1. The molecule has 0 unspecified atom stereocenters. The van der Waals surface area contributed by atoms with Crippen molar-refractivity contribution >= 4 is 29.0 Å². The van der Waals surface area contributed by atoms with Gasteiger partial charge in [-0.1, -0.05) is 43.4 Å². The summed E-state index contributed by atoms with van der Waals surface area (Å²) in [5.74, 6) is 0.287. The third kappa shape index (κ3) is 5.26. The molecule has 0 bridgehead atoms. The van der Waals surface area contributed by atoms with Crippen LogP contribution in [0.2, 0.25) is 0 Å². The predicted octanol–water partition coefficient (Wildman–Crippen LogP) is 3.34. The highest BCUT2D eigenvalue weighted by molar-refractivity contribution is 7.13. The maximum absolute atomic E-state index is 12.4. The van der Waals surface area contributed by atoms with E-state index in [2.05, 4.69) is 34.7 Å². The van der Waals surface area contributed by atoms with Crippen LogP contribution in [0.4, 0.5) is 10.5 Å². The van der Waals surface area contributed by atoms with Gasteiger partial charge in [-0.25, -0.2) is 4.79 Å². The van der Waals surface area contributed by atoms with Crippen LogP contribution < -0.4 is 10.6 Å². The number of aromatic nitrogens is 2. The molecule has 2 heterocycles. The second kappa shape index (κ2) is 8.94. The van der Waals surface area contributed by atoms with Crippen LogP contribution in [-0.4, -0.2) is 46.7 Å². The fraction of sp³-hybridized carbons (Fsp3) is 0.474. The number of benzene rings is 1. The average molecular weight is 388 g/mol. The minimum Gasteiger partial charge on any atom is -0.338 e. The number of para-hydroxylation sites is 1. The Bertz CT molecular complexity index is 777. The SMILES string of the molecule is CC(C)CNC(=O)N1CCC[C@@H](c2nnc(C(=O)Nc3ccccc3)s2)C1. The number of urea groups is 1. The number of nitrogens with one attached hydrogen (secondary N) is 2. The summed E-state index contributed by atoms with van der Waals surface area (Å²) in [5, 5.41) is 15.2. The van der Waals surface area contributed by atoms with Gasteiger partial charge in [-0.2, -0.15) is 0 Å². The minimum absolute atomic E-state index is 0.0278. The maximum Gasteiger partial charge on any atom is 0.317 e. The Labute approximate surface area is 163 Å². The monoisotopic (exact) mass is 387 g/mol. The molecule has 27 heavy (non-hydrogen) atoms. The molecule has 1 saturated heterocycles. The van der Waals surface area contributed by atoms with Gasteiger partial charge >= 0.3 is 6.03 Å². The lowest BCUT2D eigenvalue weighted by Gasteiger charge is -2.31. The fourth-order valence-corrected chi connectivity index (χ4v) is 3.83. The van der Waals surface area contributed by atoms with Crippen molar-refractivity contribution in [2.75, 3.05) is 25.0 Å². The molecule has 2 aromatic rings. The molecule has 1 aromatic heterocycles. The summed E-state index contributed by atoms with van der Waals surface area (Å²) in [5.41, 5.74) is 0.727. The van der Waals surface area contributed by atoms with Crippen molar-refractivity contribution in [3.05, 3.63) is 40.3 Å².